The maximum absolute atomic E-state index is 11.3. The molecule has 0 bridgehead atoms. The summed E-state index contributed by atoms with van der Waals surface area (Å²) in [5.41, 5.74) is 4.82. The molecule has 102 valence electrons. The summed E-state index contributed by atoms with van der Waals surface area (Å²) in [5.74, 6) is -0.274. The van der Waals surface area contributed by atoms with Crippen LogP contribution in [0.2, 0.25) is 0 Å². The number of hydrogen-bond acceptors (Lipinski definition) is 3. The second kappa shape index (κ2) is 7.67. The Labute approximate surface area is 106 Å². The van der Waals surface area contributed by atoms with Crippen molar-refractivity contribution in [3.8, 4) is 0 Å². The fraction of sp³-hybridized carbons (Fsp3) is 0.923. The topological polar surface area (TPSA) is 58.4 Å². The first kappa shape index (κ1) is 16.4. The van der Waals surface area contributed by atoms with Gasteiger partial charge >= 0.3 is 0 Å². The van der Waals surface area contributed by atoms with Gasteiger partial charge in [0.15, 0.2) is 0 Å². The maximum atomic E-state index is 11.3. The molecule has 4 nitrogen and oxygen atoms in total. The lowest BCUT2D eigenvalue weighted by molar-refractivity contribution is -0.123. The van der Waals surface area contributed by atoms with Crippen LogP contribution in [0.1, 0.15) is 46.5 Å². The molecular formula is C13H29N3O. The van der Waals surface area contributed by atoms with E-state index < -0.39 is 5.54 Å². The highest BCUT2D eigenvalue weighted by Gasteiger charge is 2.28. The smallest absolute Gasteiger partial charge is 0.237 e. The summed E-state index contributed by atoms with van der Waals surface area (Å²) in [7, 11) is 3.93. The third-order valence-electron chi connectivity index (χ3n) is 3.74. The van der Waals surface area contributed by atoms with Crippen LogP contribution in [-0.4, -0.2) is 43.0 Å². The van der Waals surface area contributed by atoms with Crippen molar-refractivity contribution in [3.05, 3.63) is 0 Å². The molecule has 0 aromatic carbocycles. The fourth-order valence-corrected chi connectivity index (χ4v) is 1.91. The number of nitrogens with two attached hydrogens (primary N) is 1. The summed E-state index contributed by atoms with van der Waals surface area (Å²) in [6, 6.07) is 0.606. The van der Waals surface area contributed by atoms with Crippen LogP contribution >= 0.6 is 0 Å². The van der Waals surface area contributed by atoms with Gasteiger partial charge in [0.1, 0.15) is 0 Å². The van der Waals surface area contributed by atoms with Crippen LogP contribution in [0.25, 0.3) is 0 Å². The van der Waals surface area contributed by atoms with Crippen molar-refractivity contribution in [2.24, 2.45) is 5.73 Å². The van der Waals surface area contributed by atoms with Crippen LogP contribution in [0.5, 0.6) is 0 Å². The van der Waals surface area contributed by atoms with Gasteiger partial charge in [-0.15, -0.1) is 0 Å². The molecule has 0 saturated heterocycles. The lowest BCUT2D eigenvalue weighted by Crippen LogP contribution is -2.51. The van der Waals surface area contributed by atoms with Crippen LogP contribution < -0.4 is 11.1 Å². The van der Waals surface area contributed by atoms with Gasteiger partial charge in [-0.25, -0.2) is 0 Å². The number of carbonyl (C=O) groups is 1. The number of nitrogens with zero attached hydrogens (tertiary/aromatic N) is 1. The number of primary amides is 1. The van der Waals surface area contributed by atoms with E-state index in [1.165, 1.54) is 12.8 Å². The highest BCUT2D eigenvalue weighted by atomic mass is 16.1. The van der Waals surface area contributed by atoms with Crippen molar-refractivity contribution < 1.29 is 4.79 Å². The molecule has 1 amide bonds. The predicted octanol–water partition coefficient (Wildman–Crippen LogP) is 1.35. The third-order valence-corrected chi connectivity index (χ3v) is 3.74. The maximum Gasteiger partial charge on any atom is 0.237 e. The van der Waals surface area contributed by atoms with Gasteiger partial charge in [-0.1, -0.05) is 13.3 Å². The van der Waals surface area contributed by atoms with Gasteiger partial charge in [-0.2, -0.15) is 0 Å². The van der Waals surface area contributed by atoms with Gasteiger partial charge in [-0.05, 0) is 53.8 Å². The number of amides is 1. The van der Waals surface area contributed by atoms with E-state index in [9.17, 15) is 4.79 Å². The molecule has 0 heterocycles. The Morgan fingerprint density at radius 3 is 2.53 bits per heavy atom. The lowest BCUT2D eigenvalue weighted by Gasteiger charge is -2.28. The molecule has 2 unspecified atom stereocenters. The first-order valence-corrected chi connectivity index (χ1v) is 6.56. The predicted molar refractivity (Wildman–Crippen MR) is 72.9 cm³/mol. The Kier molecular flexibility index (Phi) is 7.39. The number of hydrogen-bond donors (Lipinski definition) is 2. The lowest BCUT2D eigenvalue weighted by atomic mass is 9.95. The first-order valence-electron chi connectivity index (χ1n) is 6.56. The largest absolute Gasteiger partial charge is 0.368 e. The summed E-state index contributed by atoms with van der Waals surface area (Å²) >= 11 is 0. The van der Waals surface area contributed by atoms with Crippen LogP contribution in [-0.2, 0) is 4.79 Å². The number of carbonyl (C=O) groups excluding carboxylic acids is 1. The van der Waals surface area contributed by atoms with Crippen LogP contribution in [0.15, 0.2) is 0 Å². The second-order valence-electron chi connectivity index (χ2n) is 5.17. The zero-order chi connectivity index (χ0) is 13.5. The van der Waals surface area contributed by atoms with Crippen molar-refractivity contribution in [3.63, 3.8) is 0 Å². The summed E-state index contributed by atoms with van der Waals surface area (Å²) in [4.78, 5) is 13.7. The van der Waals surface area contributed by atoms with Crippen LogP contribution in [0, 0.1) is 0 Å². The third kappa shape index (κ3) is 5.50. The van der Waals surface area contributed by atoms with Crippen molar-refractivity contribution >= 4 is 5.91 Å². The molecule has 0 aliphatic carbocycles. The molecule has 0 aromatic rings. The Morgan fingerprint density at radius 2 is 2.12 bits per heavy atom. The van der Waals surface area contributed by atoms with Crippen molar-refractivity contribution in [1.29, 1.82) is 0 Å². The minimum Gasteiger partial charge on any atom is -0.368 e. The molecule has 0 aliphatic rings. The molecule has 0 aliphatic heterocycles. The molecule has 0 spiro atoms. The normalized spacial score (nSPS) is 16.8. The van der Waals surface area contributed by atoms with Crippen molar-refractivity contribution in [2.75, 3.05) is 20.6 Å². The Bertz CT molecular complexity index is 233. The van der Waals surface area contributed by atoms with E-state index in [4.69, 9.17) is 5.73 Å². The van der Waals surface area contributed by atoms with E-state index in [0.29, 0.717) is 6.04 Å². The van der Waals surface area contributed by atoms with Crippen LogP contribution in [0.4, 0.5) is 0 Å². The molecule has 0 radical (unpaired) electrons. The van der Waals surface area contributed by atoms with E-state index in [-0.39, 0.29) is 5.91 Å². The standard InChI is InChI=1S/C13H29N3O/c1-6-8-11(2)16(5)10-7-9-13(3,15-4)12(14)17/h11,15H,6-10H2,1-5H3,(H2,14,17). The number of likely N-dealkylation sites (N-methyl/N-ethyl adjacent to an activating group) is 1. The highest BCUT2D eigenvalue weighted by molar-refractivity contribution is 5.84. The molecule has 4 heteroatoms. The average Bonchev–Trinajstić information content (AvgIpc) is 2.28. The fourth-order valence-electron chi connectivity index (χ4n) is 1.91. The van der Waals surface area contributed by atoms with Gasteiger partial charge in [0.05, 0.1) is 5.54 Å². The summed E-state index contributed by atoms with van der Waals surface area (Å²) in [5, 5.41) is 3.01. The SMILES string of the molecule is CCCC(C)N(C)CCCC(C)(NC)C(N)=O. The van der Waals surface area contributed by atoms with E-state index in [1.807, 2.05) is 6.92 Å². The summed E-state index contributed by atoms with van der Waals surface area (Å²) < 4.78 is 0. The molecular weight excluding hydrogens is 214 g/mol. The van der Waals surface area contributed by atoms with Gasteiger partial charge in [0.2, 0.25) is 5.91 Å². The zero-order valence-electron chi connectivity index (χ0n) is 12.0. The second-order valence-corrected chi connectivity index (χ2v) is 5.17. The molecule has 0 fully saturated rings. The van der Waals surface area contributed by atoms with Crippen LogP contribution in [0.3, 0.4) is 0 Å². The molecule has 0 saturated carbocycles. The van der Waals surface area contributed by atoms with E-state index in [2.05, 4.69) is 31.1 Å². The minimum absolute atomic E-state index is 0.274. The quantitative estimate of drug-likeness (QED) is 0.643. The van der Waals surface area contributed by atoms with Gasteiger partial charge < -0.3 is 16.0 Å². The van der Waals surface area contributed by atoms with Crippen molar-refractivity contribution in [2.45, 2.75) is 58.0 Å². The van der Waals surface area contributed by atoms with Gasteiger partial charge in [0.25, 0.3) is 0 Å². The highest BCUT2D eigenvalue weighted by Crippen LogP contribution is 2.13. The first-order chi connectivity index (χ1) is 7.87. The molecule has 3 N–H and O–H groups in total. The van der Waals surface area contributed by atoms with Gasteiger partial charge in [-0.3, -0.25) is 4.79 Å². The molecule has 2 atom stereocenters. The summed E-state index contributed by atoms with van der Waals surface area (Å²) in [6.07, 6.45) is 4.18. The number of nitrogens with one attached hydrogen (secondary N) is 1. The molecule has 0 rings (SSSR count). The monoisotopic (exact) mass is 243 g/mol. The zero-order valence-corrected chi connectivity index (χ0v) is 12.0. The molecule has 17 heavy (non-hydrogen) atoms. The minimum atomic E-state index is -0.575. The van der Waals surface area contributed by atoms with Gasteiger partial charge in [0, 0.05) is 6.04 Å². The van der Waals surface area contributed by atoms with Crippen molar-refractivity contribution in [1.82, 2.24) is 10.2 Å². The van der Waals surface area contributed by atoms with E-state index in [0.717, 1.165) is 19.4 Å². The van der Waals surface area contributed by atoms with E-state index >= 15 is 0 Å². The van der Waals surface area contributed by atoms with E-state index in [1.54, 1.807) is 7.05 Å². The summed E-state index contributed by atoms with van der Waals surface area (Å²) in [6.45, 7) is 7.32. The Hall–Kier alpha value is -0.610. The average molecular weight is 243 g/mol. The molecule has 0 aromatic heterocycles. The Morgan fingerprint density at radius 1 is 1.53 bits per heavy atom. The number of rotatable bonds is 9. The Balaban J connectivity index is 4.01.